The molecule has 5 nitrogen and oxygen atoms in total. The van der Waals surface area contributed by atoms with Crippen LogP contribution in [0.4, 0.5) is 11.5 Å². The minimum Gasteiger partial charge on any atom is -0.355 e. The van der Waals surface area contributed by atoms with Gasteiger partial charge in [-0.1, -0.05) is 38.1 Å². The Labute approximate surface area is 188 Å². The monoisotopic (exact) mass is 432 g/mol. The number of carbonyl (C=O) groups is 1. The summed E-state index contributed by atoms with van der Waals surface area (Å²) >= 11 is 1.82. The Hall–Kier alpha value is -2.86. The van der Waals surface area contributed by atoms with Crippen LogP contribution in [-0.2, 0) is 11.2 Å². The van der Waals surface area contributed by atoms with E-state index in [1.54, 1.807) is 0 Å². The second kappa shape index (κ2) is 9.96. The number of aromatic nitrogens is 2. The third kappa shape index (κ3) is 5.85. The van der Waals surface area contributed by atoms with Gasteiger partial charge in [0, 0.05) is 34.5 Å². The minimum atomic E-state index is -0.0307. The van der Waals surface area contributed by atoms with Gasteiger partial charge in [-0.25, -0.2) is 0 Å². The van der Waals surface area contributed by atoms with Gasteiger partial charge in [0.2, 0.25) is 5.91 Å². The smallest absolute Gasteiger partial charge is 0.228 e. The molecule has 2 aromatic carbocycles. The summed E-state index contributed by atoms with van der Waals surface area (Å²) in [5.74, 6) is 0.903. The largest absolute Gasteiger partial charge is 0.355 e. The van der Waals surface area contributed by atoms with E-state index < -0.39 is 0 Å². The van der Waals surface area contributed by atoms with Gasteiger partial charge in [0.1, 0.15) is 0 Å². The highest BCUT2D eigenvalue weighted by molar-refractivity contribution is 7.99. The zero-order valence-electron chi connectivity index (χ0n) is 18.0. The Morgan fingerprint density at radius 3 is 2.48 bits per heavy atom. The molecule has 0 bridgehead atoms. The van der Waals surface area contributed by atoms with Crippen molar-refractivity contribution in [3.05, 3.63) is 66.2 Å². The van der Waals surface area contributed by atoms with Crippen LogP contribution in [0.15, 0.2) is 65.6 Å². The summed E-state index contributed by atoms with van der Waals surface area (Å²) in [7, 11) is 0. The molecule has 31 heavy (non-hydrogen) atoms. The first-order valence-corrected chi connectivity index (χ1v) is 11.7. The van der Waals surface area contributed by atoms with E-state index in [1.807, 2.05) is 60.3 Å². The number of anilines is 2. The predicted molar refractivity (Wildman–Crippen MR) is 129 cm³/mol. The fourth-order valence-electron chi connectivity index (χ4n) is 3.70. The van der Waals surface area contributed by atoms with Gasteiger partial charge in [-0.15, -0.1) is 22.0 Å². The number of nitrogens with zero attached hydrogens (tertiary/aromatic N) is 3. The second-order valence-electron chi connectivity index (χ2n) is 8.09. The van der Waals surface area contributed by atoms with Crippen LogP contribution in [0.2, 0.25) is 0 Å². The second-order valence-corrected chi connectivity index (χ2v) is 9.74. The molecule has 1 N–H and O–H groups in total. The van der Waals surface area contributed by atoms with E-state index in [0.29, 0.717) is 11.7 Å². The zero-order valence-corrected chi connectivity index (χ0v) is 18.9. The van der Waals surface area contributed by atoms with Gasteiger partial charge < -0.3 is 10.2 Å². The summed E-state index contributed by atoms with van der Waals surface area (Å²) in [6.45, 7) is 6.45. The Bertz CT molecular complexity index is 1010. The highest BCUT2D eigenvalue weighted by Gasteiger charge is 2.14. The maximum atomic E-state index is 12.5. The summed E-state index contributed by atoms with van der Waals surface area (Å²) in [6.07, 6.45) is 2.78. The Balaban J connectivity index is 1.38. The number of carbonyl (C=O) groups excluding carboxylic acids is 1. The lowest BCUT2D eigenvalue weighted by Gasteiger charge is -2.15. The molecule has 4 rings (SSSR count). The van der Waals surface area contributed by atoms with Gasteiger partial charge >= 0.3 is 0 Å². The minimum absolute atomic E-state index is 0.0307. The molecular weight excluding hydrogens is 404 g/mol. The summed E-state index contributed by atoms with van der Waals surface area (Å²) < 4.78 is 0. The lowest BCUT2D eigenvalue weighted by molar-refractivity contribution is -0.115. The fraction of sp³-hybridized carbons (Fsp3) is 0.320. The van der Waals surface area contributed by atoms with Crippen LogP contribution in [0.25, 0.3) is 11.3 Å². The number of thioether (sulfide) groups is 1. The number of hydrogen-bond donors (Lipinski definition) is 1. The van der Waals surface area contributed by atoms with Crippen molar-refractivity contribution in [1.82, 2.24) is 10.2 Å². The van der Waals surface area contributed by atoms with E-state index in [9.17, 15) is 4.79 Å². The molecule has 0 radical (unpaired) electrons. The summed E-state index contributed by atoms with van der Waals surface area (Å²) in [5.41, 5.74) is 3.51. The van der Waals surface area contributed by atoms with Crippen LogP contribution >= 0.6 is 11.8 Å². The van der Waals surface area contributed by atoms with Gasteiger partial charge in [-0.3, -0.25) is 4.79 Å². The van der Waals surface area contributed by atoms with Crippen molar-refractivity contribution < 1.29 is 4.79 Å². The molecule has 3 aromatic rings. The lowest BCUT2D eigenvalue weighted by Crippen LogP contribution is -2.19. The van der Waals surface area contributed by atoms with Gasteiger partial charge in [-0.2, -0.15) is 0 Å². The van der Waals surface area contributed by atoms with Crippen molar-refractivity contribution in [1.29, 1.82) is 0 Å². The molecule has 2 heterocycles. The van der Waals surface area contributed by atoms with Gasteiger partial charge in [0.05, 0.1) is 12.1 Å². The van der Waals surface area contributed by atoms with Crippen LogP contribution in [0.5, 0.6) is 0 Å². The van der Waals surface area contributed by atoms with Crippen molar-refractivity contribution in [2.45, 2.75) is 43.3 Å². The first-order valence-electron chi connectivity index (χ1n) is 10.8. The zero-order chi connectivity index (χ0) is 21.6. The van der Waals surface area contributed by atoms with E-state index in [4.69, 9.17) is 0 Å². The summed E-state index contributed by atoms with van der Waals surface area (Å²) in [6, 6.07) is 20.0. The average Bonchev–Trinajstić information content (AvgIpc) is 3.30. The molecular formula is C25H28N4OS. The molecule has 0 aliphatic carbocycles. The van der Waals surface area contributed by atoms with Crippen molar-refractivity contribution in [2.24, 2.45) is 0 Å². The molecule has 6 heteroatoms. The lowest BCUT2D eigenvalue weighted by atomic mass is 10.1. The van der Waals surface area contributed by atoms with Crippen molar-refractivity contribution >= 4 is 29.2 Å². The maximum absolute atomic E-state index is 12.5. The fourth-order valence-corrected chi connectivity index (χ4v) is 4.54. The van der Waals surface area contributed by atoms with Crippen LogP contribution in [-0.4, -0.2) is 34.4 Å². The van der Waals surface area contributed by atoms with Crippen molar-refractivity contribution in [2.75, 3.05) is 23.3 Å². The van der Waals surface area contributed by atoms with Crippen LogP contribution in [0.3, 0.4) is 0 Å². The molecule has 1 saturated heterocycles. The molecule has 1 amide bonds. The molecule has 0 saturated carbocycles. The number of hydrogen-bond acceptors (Lipinski definition) is 5. The topological polar surface area (TPSA) is 58.1 Å². The normalized spacial score (nSPS) is 13.6. The van der Waals surface area contributed by atoms with Crippen LogP contribution < -0.4 is 10.2 Å². The van der Waals surface area contributed by atoms with E-state index >= 15 is 0 Å². The van der Waals surface area contributed by atoms with Crippen LogP contribution in [0.1, 0.15) is 32.3 Å². The molecule has 1 aliphatic heterocycles. The van der Waals surface area contributed by atoms with E-state index in [-0.39, 0.29) is 5.91 Å². The third-order valence-corrected chi connectivity index (χ3v) is 6.20. The average molecular weight is 433 g/mol. The molecule has 160 valence electrons. The Morgan fingerprint density at radius 2 is 1.81 bits per heavy atom. The van der Waals surface area contributed by atoms with Gasteiger partial charge in [0.25, 0.3) is 0 Å². The molecule has 0 unspecified atom stereocenters. The van der Waals surface area contributed by atoms with E-state index in [2.05, 4.69) is 46.4 Å². The molecule has 1 aliphatic rings. The SMILES string of the molecule is CC(C)Sc1ccc(CC(=O)Nc2cccc(-c3ccc(N4CCCC4)nn3)c2)cc1. The molecule has 1 aromatic heterocycles. The number of rotatable bonds is 7. The Kier molecular flexibility index (Phi) is 6.87. The van der Waals surface area contributed by atoms with Gasteiger partial charge in [0.15, 0.2) is 5.82 Å². The standard InChI is InChI=1S/C25H28N4OS/c1-18(2)31-22-10-8-19(9-11-22)16-25(30)26-21-7-5-6-20(17-21)23-12-13-24(28-27-23)29-14-3-4-15-29/h5-13,17-18H,3-4,14-16H2,1-2H3,(H,26,30). The molecule has 0 atom stereocenters. The number of amides is 1. The number of benzene rings is 2. The first kappa shape index (κ1) is 21.4. The summed E-state index contributed by atoms with van der Waals surface area (Å²) in [4.78, 5) is 16.0. The maximum Gasteiger partial charge on any atom is 0.228 e. The highest BCUT2D eigenvalue weighted by atomic mass is 32.2. The van der Waals surface area contributed by atoms with Crippen LogP contribution in [0, 0.1) is 0 Å². The van der Waals surface area contributed by atoms with E-state index in [1.165, 1.54) is 17.7 Å². The Morgan fingerprint density at radius 1 is 1.03 bits per heavy atom. The third-order valence-electron chi connectivity index (χ3n) is 5.18. The van der Waals surface area contributed by atoms with Gasteiger partial charge in [-0.05, 0) is 54.8 Å². The number of nitrogens with one attached hydrogen (secondary N) is 1. The highest BCUT2D eigenvalue weighted by Crippen LogP contribution is 2.24. The molecule has 0 spiro atoms. The molecule has 1 fully saturated rings. The summed E-state index contributed by atoms with van der Waals surface area (Å²) in [5, 5.41) is 12.3. The first-order chi connectivity index (χ1) is 15.1. The van der Waals surface area contributed by atoms with Crippen molar-refractivity contribution in [3.8, 4) is 11.3 Å². The predicted octanol–water partition coefficient (Wildman–Crippen LogP) is 5.43. The van der Waals surface area contributed by atoms with E-state index in [0.717, 1.165) is 41.4 Å². The quantitative estimate of drug-likeness (QED) is 0.505. The van der Waals surface area contributed by atoms with Crippen molar-refractivity contribution in [3.63, 3.8) is 0 Å².